The molecule has 0 saturated heterocycles. The summed E-state index contributed by atoms with van der Waals surface area (Å²) >= 11 is 0. The molecule has 0 aromatic rings. The maximum atomic E-state index is 8.11. The Morgan fingerprint density at radius 2 is 1.88 bits per heavy atom. The molecule has 0 rings (SSSR count). The van der Waals surface area contributed by atoms with Crippen LogP contribution < -0.4 is 0 Å². The molecule has 0 aliphatic carbocycles. The van der Waals surface area contributed by atoms with Crippen LogP contribution in [0, 0.1) is 22.9 Å². The Bertz CT molecular complexity index is 114. The highest BCUT2D eigenvalue weighted by molar-refractivity contribution is 4.84. The number of nitrogens with zero attached hydrogens (tertiary/aromatic N) is 3. The van der Waals surface area contributed by atoms with Gasteiger partial charge in [-0.05, 0) is 6.42 Å². The Morgan fingerprint density at radius 1 is 1.38 bits per heavy atom. The van der Waals surface area contributed by atoms with Gasteiger partial charge < -0.3 is 0 Å². The fourth-order valence-electron chi connectivity index (χ4n) is 0.346. The number of nitriles is 2. The van der Waals surface area contributed by atoms with Crippen molar-refractivity contribution in [3.63, 3.8) is 0 Å². The van der Waals surface area contributed by atoms with Gasteiger partial charge in [-0.25, -0.2) is 4.90 Å². The number of rotatable bonds is 2. The lowest BCUT2D eigenvalue weighted by Crippen LogP contribution is -2.10. The standard InChI is InChI=1S/C5H7N3/c1-2-3-8(4-6)5-7/h2-3H2,1H3. The van der Waals surface area contributed by atoms with Gasteiger partial charge in [-0.3, -0.25) is 0 Å². The highest BCUT2D eigenvalue weighted by Gasteiger charge is 1.92. The summed E-state index contributed by atoms with van der Waals surface area (Å²) in [5, 5.41) is 16.2. The van der Waals surface area contributed by atoms with Gasteiger partial charge in [-0.1, -0.05) is 6.92 Å². The lowest BCUT2D eigenvalue weighted by Gasteiger charge is -1.98. The third-order valence-corrected chi connectivity index (χ3v) is 0.689. The van der Waals surface area contributed by atoms with Crippen molar-refractivity contribution >= 4 is 0 Å². The summed E-state index contributed by atoms with van der Waals surface area (Å²) in [7, 11) is 0. The van der Waals surface area contributed by atoms with Crippen LogP contribution in [0.1, 0.15) is 13.3 Å². The first kappa shape index (κ1) is 6.78. The van der Waals surface area contributed by atoms with Gasteiger partial charge in [0.05, 0.1) is 0 Å². The summed E-state index contributed by atoms with van der Waals surface area (Å²) in [5.41, 5.74) is 0. The topological polar surface area (TPSA) is 50.8 Å². The van der Waals surface area contributed by atoms with Gasteiger partial charge in [0.1, 0.15) is 0 Å². The molecule has 0 amide bonds. The van der Waals surface area contributed by atoms with Gasteiger partial charge in [0.15, 0.2) is 12.4 Å². The molecule has 0 bridgehead atoms. The van der Waals surface area contributed by atoms with Crippen LogP contribution in [-0.2, 0) is 0 Å². The van der Waals surface area contributed by atoms with E-state index in [9.17, 15) is 0 Å². The van der Waals surface area contributed by atoms with E-state index in [2.05, 4.69) is 0 Å². The van der Waals surface area contributed by atoms with Crippen molar-refractivity contribution in [1.82, 2.24) is 4.90 Å². The first-order chi connectivity index (χ1) is 3.85. The minimum atomic E-state index is 0.535. The van der Waals surface area contributed by atoms with Gasteiger partial charge in [0, 0.05) is 6.54 Å². The molecule has 0 aromatic heterocycles. The third kappa shape index (κ3) is 2.04. The molecule has 0 N–H and O–H groups in total. The lowest BCUT2D eigenvalue weighted by atomic mass is 10.5. The molecule has 0 radical (unpaired) electrons. The van der Waals surface area contributed by atoms with Crippen molar-refractivity contribution in [1.29, 1.82) is 10.5 Å². The lowest BCUT2D eigenvalue weighted by molar-refractivity contribution is 0.536. The van der Waals surface area contributed by atoms with E-state index in [1.165, 1.54) is 0 Å². The minimum absolute atomic E-state index is 0.535. The summed E-state index contributed by atoms with van der Waals surface area (Å²) in [6, 6.07) is 0. The molecule has 0 fully saturated rings. The maximum Gasteiger partial charge on any atom is 0.193 e. The van der Waals surface area contributed by atoms with E-state index >= 15 is 0 Å². The number of hydrogen-bond acceptors (Lipinski definition) is 3. The van der Waals surface area contributed by atoms with Gasteiger partial charge in [0.25, 0.3) is 0 Å². The van der Waals surface area contributed by atoms with Crippen LogP contribution in [0.15, 0.2) is 0 Å². The molecule has 0 atom stereocenters. The van der Waals surface area contributed by atoms with Crippen molar-refractivity contribution in [2.24, 2.45) is 0 Å². The van der Waals surface area contributed by atoms with Crippen molar-refractivity contribution in [2.45, 2.75) is 13.3 Å². The van der Waals surface area contributed by atoms with E-state index in [-0.39, 0.29) is 0 Å². The third-order valence-electron chi connectivity index (χ3n) is 0.689. The molecule has 0 aliphatic rings. The molecule has 0 aliphatic heterocycles. The smallest absolute Gasteiger partial charge is 0.193 e. The molecule has 0 saturated carbocycles. The van der Waals surface area contributed by atoms with Gasteiger partial charge in [-0.15, -0.1) is 0 Å². The van der Waals surface area contributed by atoms with Crippen LogP contribution in [0.5, 0.6) is 0 Å². The molecular weight excluding hydrogens is 102 g/mol. The van der Waals surface area contributed by atoms with Crippen molar-refractivity contribution in [2.75, 3.05) is 6.54 Å². The average Bonchev–Trinajstić information content (AvgIpc) is 1.83. The Hall–Kier alpha value is -1.22. The second kappa shape index (κ2) is 3.95. The molecule has 0 heterocycles. The van der Waals surface area contributed by atoms with E-state index < -0.39 is 0 Å². The van der Waals surface area contributed by atoms with E-state index in [0.29, 0.717) is 6.54 Å². The van der Waals surface area contributed by atoms with Crippen LogP contribution in [-0.4, -0.2) is 11.4 Å². The molecule has 3 heteroatoms. The first-order valence-corrected chi connectivity index (χ1v) is 2.42. The molecule has 8 heavy (non-hydrogen) atoms. The molecule has 0 aromatic carbocycles. The zero-order valence-corrected chi connectivity index (χ0v) is 4.76. The van der Waals surface area contributed by atoms with Gasteiger partial charge in [0.2, 0.25) is 0 Å². The number of hydrogen-bond donors (Lipinski definition) is 0. The zero-order chi connectivity index (χ0) is 6.41. The van der Waals surface area contributed by atoms with E-state index in [1.807, 2.05) is 6.92 Å². The molecule has 3 nitrogen and oxygen atoms in total. The van der Waals surface area contributed by atoms with Crippen LogP contribution >= 0.6 is 0 Å². The van der Waals surface area contributed by atoms with Crippen molar-refractivity contribution in [3.05, 3.63) is 0 Å². The summed E-state index contributed by atoms with van der Waals surface area (Å²) < 4.78 is 0. The van der Waals surface area contributed by atoms with Crippen molar-refractivity contribution in [3.8, 4) is 12.4 Å². The Kier molecular flexibility index (Phi) is 3.35. The highest BCUT2D eigenvalue weighted by Crippen LogP contribution is 1.82. The minimum Gasteiger partial charge on any atom is -0.216 e. The first-order valence-electron chi connectivity index (χ1n) is 2.42. The normalized spacial score (nSPS) is 6.88. The van der Waals surface area contributed by atoms with Crippen LogP contribution in [0.25, 0.3) is 0 Å². The van der Waals surface area contributed by atoms with E-state index in [1.54, 1.807) is 12.4 Å². The monoisotopic (exact) mass is 109 g/mol. The molecule has 0 unspecified atom stereocenters. The van der Waals surface area contributed by atoms with Crippen molar-refractivity contribution < 1.29 is 0 Å². The predicted octanol–water partition coefficient (Wildman–Crippen LogP) is 0.661. The highest BCUT2D eigenvalue weighted by atomic mass is 15.1. The Labute approximate surface area is 48.7 Å². The summed E-state index contributed by atoms with van der Waals surface area (Å²) in [6.07, 6.45) is 4.28. The Balaban J connectivity index is 3.46. The fourth-order valence-corrected chi connectivity index (χ4v) is 0.346. The zero-order valence-electron chi connectivity index (χ0n) is 4.76. The van der Waals surface area contributed by atoms with E-state index in [0.717, 1.165) is 11.3 Å². The fraction of sp³-hybridized carbons (Fsp3) is 0.600. The maximum absolute atomic E-state index is 8.11. The summed E-state index contributed by atoms with van der Waals surface area (Å²) in [6.45, 7) is 2.45. The van der Waals surface area contributed by atoms with Gasteiger partial charge >= 0.3 is 0 Å². The summed E-state index contributed by atoms with van der Waals surface area (Å²) in [4.78, 5) is 1.04. The predicted molar refractivity (Wildman–Crippen MR) is 28.2 cm³/mol. The molecule has 0 spiro atoms. The van der Waals surface area contributed by atoms with E-state index in [4.69, 9.17) is 10.5 Å². The average molecular weight is 109 g/mol. The van der Waals surface area contributed by atoms with Crippen LogP contribution in [0.3, 0.4) is 0 Å². The molecular formula is C5H7N3. The summed E-state index contributed by atoms with van der Waals surface area (Å²) in [5.74, 6) is 0. The van der Waals surface area contributed by atoms with Crippen LogP contribution in [0.4, 0.5) is 0 Å². The SMILES string of the molecule is CCCN(C#N)C#N. The molecule has 42 valence electrons. The second-order valence-corrected chi connectivity index (χ2v) is 1.35. The largest absolute Gasteiger partial charge is 0.216 e. The van der Waals surface area contributed by atoms with Crippen LogP contribution in [0.2, 0.25) is 0 Å². The Morgan fingerprint density at radius 3 is 2.00 bits per heavy atom. The second-order valence-electron chi connectivity index (χ2n) is 1.35. The van der Waals surface area contributed by atoms with Gasteiger partial charge in [-0.2, -0.15) is 10.5 Å². The quantitative estimate of drug-likeness (QED) is 0.386.